The summed E-state index contributed by atoms with van der Waals surface area (Å²) >= 11 is 0. The quantitative estimate of drug-likeness (QED) is 0.472. The highest BCUT2D eigenvalue weighted by Gasteiger charge is 2.74. The van der Waals surface area contributed by atoms with E-state index in [1.54, 1.807) is 21.7 Å². The molecular formula is C29H37N3O5. The van der Waals surface area contributed by atoms with Crippen LogP contribution in [0.15, 0.2) is 42.5 Å². The van der Waals surface area contributed by atoms with Crippen molar-refractivity contribution in [2.75, 3.05) is 38.2 Å². The molecule has 8 heteroatoms. The SMILES string of the molecule is Cc1ccc(C)c(N2CC=C[C@]34O[C@]5(C)C=CCN(C)C(=O)[C@@H]5[C@H]3C(=O)N(CCCCCO)C4C2=O)c1. The molecule has 1 N–H and O–H groups in total. The molecule has 8 nitrogen and oxygen atoms in total. The van der Waals surface area contributed by atoms with Gasteiger partial charge in [0.2, 0.25) is 11.8 Å². The highest BCUT2D eigenvalue weighted by atomic mass is 16.5. The first-order chi connectivity index (χ1) is 17.6. The largest absolute Gasteiger partial charge is 0.396 e. The van der Waals surface area contributed by atoms with E-state index in [1.165, 1.54) is 0 Å². The lowest BCUT2D eigenvalue weighted by Gasteiger charge is -2.37. The third-order valence-electron chi connectivity index (χ3n) is 8.47. The maximum Gasteiger partial charge on any atom is 0.253 e. The van der Waals surface area contributed by atoms with Crippen LogP contribution in [0, 0.1) is 25.7 Å². The number of carbonyl (C=O) groups excluding carboxylic acids is 3. The Bertz CT molecular complexity index is 1180. The summed E-state index contributed by atoms with van der Waals surface area (Å²) in [7, 11) is 1.74. The molecule has 37 heavy (non-hydrogen) atoms. The zero-order chi connectivity index (χ0) is 26.5. The predicted molar refractivity (Wildman–Crippen MR) is 140 cm³/mol. The molecule has 0 saturated carbocycles. The molecule has 1 unspecified atom stereocenters. The number of ether oxygens (including phenoxy) is 1. The van der Waals surface area contributed by atoms with E-state index in [0.717, 1.165) is 23.2 Å². The molecule has 198 valence electrons. The molecular weight excluding hydrogens is 470 g/mol. The lowest BCUT2D eigenvalue weighted by Crippen LogP contribution is -2.56. The molecule has 2 fully saturated rings. The van der Waals surface area contributed by atoms with Gasteiger partial charge in [-0.05, 0) is 57.2 Å². The van der Waals surface area contributed by atoms with E-state index in [-0.39, 0.29) is 24.3 Å². The van der Waals surface area contributed by atoms with Crippen LogP contribution in [0.1, 0.15) is 37.3 Å². The van der Waals surface area contributed by atoms with E-state index in [0.29, 0.717) is 32.5 Å². The molecule has 0 bridgehead atoms. The van der Waals surface area contributed by atoms with Gasteiger partial charge >= 0.3 is 0 Å². The molecule has 1 aromatic rings. The average Bonchev–Trinajstić information content (AvgIpc) is 3.13. The minimum atomic E-state index is -1.24. The predicted octanol–water partition coefficient (Wildman–Crippen LogP) is 2.37. The van der Waals surface area contributed by atoms with Crippen LogP contribution in [0.4, 0.5) is 5.69 Å². The van der Waals surface area contributed by atoms with Crippen molar-refractivity contribution in [1.29, 1.82) is 0 Å². The smallest absolute Gasteiger partial charge is 0.253 e. The summed E-state index contributed by atoms with van der Waals surface area (Å²) in [5, 5.41) is 9.24. The van der Waals surface area contributed by atoms with Gasteiger partial charge in [-0.15, -0.1) is 0 Å². The minimum Gasteiger partial charge on any atom is -0.396 e. The maximum atomic E-state index is 14.5. The number of amides is 3. The molecule has 1 aromatic carbocycles. The topological polar surface area (TPSA) is 90.4 Å². The van der Waals surface area contributed by atoms with E-state index < -0.39 is 29.1 Å². The number of likely N-dealkylation sites (tertiary alicyclic amines) is 1. The molecule has 2 saturated heterocycles. The zero-order valence-electron chi connectivity index (χ0n) is 22.1. The van der Waals surface area contributed by atoms with Gasteiger partial charge in [0.15, 0.2) is 0 Å². The fourth-order valence-corrected chi connectivity index (χ4v) is 6.68. The third-order valence-corrected chi connectivity index (χ3v) is 8.47. The van der Waals surface area contributed by atoms with Crippen molar-refractivity contribution >= 4 is 23.4 Å². The lowest BCUT2D eigenvalue weighted by molar-refractivity contribution is -0.148. The first-order valence-electron chi connectivity index (χ1n) is 13.2. The second-order valence-electron chi connectivity index (χ2n) is 11.1. The van der Waals surface area contributed by atoms with Gasteiger partial charge in [-0.25, -0.2) is 0 Å². The number of hydrogen-bond acceptors (Lipinski definition) is 5. The van der Waals surface area contributed by atoms with E-state index in [4.69, 9.17) is 4.74 Å². The monoisotopic (exact) mass is 507 g/mol. The van der Waals surface area contributed by atoms with Gasteiger partial charge in [0.1, 0.15) is 11.6 Å². The number of benzene rings is 1. The highest BCUT2D eigenvalue weighted by Crippen LogP contribution is 2.57. The Morgan fingerprint density at radius 2 is 1.73 bits per heavy atom. The Labute approximate surface area is 218 Å². The first kappa shape index (κ1) is 25.7. The van der Waals surface area contributed by atoms with Crippen LogP contribution in [0.25, 0.3) is 0 Å². The average molecular weight is 508 g/mol. The van der Waals surface area contributed by atoms with Crippen LogP contribution in [0.3, 0.4) is 0 Å². The molecule has 5 rings (SSSR count). The number of unbranched alkanes of at least 4 members (excludes halogenated alkanes) is 2. The standard InChI is InChI=1S/C29H37N3O5/c1-19-10-11-20(2)21(18-19)31-16-9-13-29-23(22-25(34)30(4)14-8-12-28(22,3)37-29)26(35)32(24(29)27(31)36)15-6-5-7-17-33/h8-13,18,22-24,33H,5-7,14-17H2,1-4H3/t22-,23-,24?,28+,29-/m0/s1. The van der Waals surface area contributed by atoms with Gasteiger partial charge in [-0.2, -0.15) is 0 Å². The number of anilines is 1. The maximum absolute atomic E-state index is 14.5. The highest BCUT2D eigenvalue weighted by molar-refractivity contribution is 6.06. The minimum absolute atomic E-state index is 0.0860. The van der Waals surface area contributed by atoms with E-state index in [1.807, 2.05) is 63.3 Å². The number of nitrogens with zero attached hydrogens (tertiary/aromatic N) is 3. The van der Waals surface area contributed by atoms with Crippen LogP contribution in [-0.2, 0) is 19.1 Å². The molecule has 0 aliphatic carbocycles. The third kappa shape index (κ3) is 3.92. The molecule has 3 amide bonds. The number of fused-ring (bicyclic) bond motifs is 2. The van der Waals surface area contributed by atoms with Crippen molar-refractivity contribution in [3.05, 3.63) is 53.6 Å². The Kier molecular flexibility index (Phi) is 6.52. The number of rotatable bonds is 6. The first-order valence-corrected chi connectivity index (χ1v) is 13.2. The summed E-state index contributed by atoms with van der Waals surface area (Å²) in [6.07, 6.45) is 9.64. The Balaban J connectivity index is 1.62. The van der Waals surface area contributed by atoms with Crippen LogP contribution < -0.4 is 4.90 Å². The summed E-state index contributed by atoms with van der Waals surface area (Å²) in [6, 6.07) is 5.14. The number of hydrogen-bond donors (Lipinski definition) is 1. The van der Waals surface area contributed by atoms with E-state index >= 15 is 0 Å². The molecule has 1 spiro atoms. The summed E-state index contributed by atoms with van der Waals surface area (Å²) in [4.78, 5) is 47.3. The van der Waals surface area contributed by atoms with E-state index in [9.17, 15) is 19.5 Å². The van der Waals surface area contributed by atoms with Crippen LogP contribution >= 0.6 is 0 Å². The zero-order valence-corrected chi connectivity index (χ0v) is 22.1. The second-order valence-corrected chi connectivity index (χ2v) is 11.1. The van der Waals surface area contributed by atoms with Crippen molar-refractivity contribution in [3.63, 3.8) is 0 Å². The van der Waals surface area contributed by atoms with Crippen LogP contribution in [0.5, 0.6) is 0 Å². The Morgan fingerprint density at radius 1 is 0.973 bits per heavy atom. The Morgan fingerprint density at radius 3 is 2.49 bits per heavy atom. The Hall–Kier alpha value is -2.97. The molecule has 4 heterocycles. The molecule has 0 aromatic heterocycles. The second kappa shape index (κ2) is 9.40. The lowest BCUT2D eigenvalue weighted by atomic mass is 9.74. The van der Waals surface area contributed by atoms with E-state index in [2.05, 4.69) is 0 Å². The number of likely N-dealkylation sites (N-methyl/N-ethyl adjacent to an activating group) is 1. The molecule has 0 radical (unpaired) electrons. The van der Waals surface area contributed by atoms with Gasteiger partial charge in [-0.3, -0.25) is 14.4 Å². The molecule has 4 aliphatic rings. The van der Waals surface area contributed by atoms with Gasteiger partial charge in [-0.1, -0.05) is 36.4 Å². The number of aliphatic hydroxyl groups is 1. The summed E-state index contributed by atoms with van der Waals surface area (Å²) in [6.45, 7) is 7.10. The summed E-state index contributed by atoms with van der Waals surface area (Å²) < 4.78 is 6.81. The van der Waals surface area contributed by atoms with Crippen molar-refractivity contribution in [3.8, 4) is 0 Å². The molecule has 4 aliphatic heterocycles. The van der Waals surface area contributed by atoms with Crippen molar-refractivity contribution < 1.29 is 24.2 Å². The number of aryl methyl sites for hydroxylation is 2. The van der Waals surface area contributed by atoms with Gasteiger partial charge in [0, 0.05) is 39.0 Å². The fraction of sp³-hybridized carbons (Fsp3) is 0.552. The van der Waals surface area contributed by atoms with Gasteiger partial charge in [0.05, 0.1) is 17.4 Å². The normalized spacial score (nSPS) is 32.9. The number of carbonyl (C=O) groups is 3. The fourth-order valence-electron chi connectivity index (χ4n) is 6.68. The van der Waals surface area contributed by atoms with Crippen LogP contribution in [-0.4, -0.2) is 83.2 Å². The van der Waals surface area contributed by atoms with Crippen molar-refractivity contribution in [2.24, 2.45) is 11.8 Å². The van der Waals surface area contributed by atoms with Gasteiger partial charge < -0.3 is 24.5 Å². The molecule has 5 atom stereocenters. The summed E-state index contributed by atoms with van der Waals surface area (Å²) in [5.74, 6) is -2.06. The summed E-state index contributed by atoms with van der Waals surface area (Å²) in [5.41, 5.74) is 0.598. The van der Waals surface area contributed by atoms with Crippen molar-refractivity contribution in [1.82, 2.24) is 9.80 Å². The van der Waals surface area contributed by atoms with Gasteiger partial charge in [0.25, 0.3) is 5.91 Å². The number of aliphatic hydroxyl groups excluding tert-OH is 1. The van der Waals surface area contributed by atoms with Crippen molar-refractivity contribution in [2.45, 2.75) is 57.3 Å². The van der Waals surface area contributed by atoms with Crippen LogP contribution in [0.2, 0.25) is 0 Å².